The molecule has 1 aromatic carbocycles. The standard InChI is InChI=1S/C15H21FN2O.ClH/c1-11(15(19)18-13-8-9-17-10-13)6-7-12-4-2-3-5-14(12)16;/h2-5,11,13,17H,6-10H2,1H3,(H,18,19);1H. The Morgan fingerprint density at radius 2 is 2.25 bits per heavy atom. The van der Waals surface area contributed by atoms with Crippen molar-refractivity contribution in [3.8, 4) is 0 Å². The van der Waals surface area contributed by atoms with Crippen LogP contribution in [0.3, 0.4) is 0 Å². The van der Waals surface area contributed by atoms with Crippen LogP contribution >= 0.6 is 12.4 Å². The molecule has 1 aliphatic heterocycles. The predicted molar refractivity (Wildman–Crippen MR) is 80.6 cm³/mol. The summed E-state index contributed by atoms with van der Waals surface area (Å²) in [6, 6.07) is 7.00. The first kappa shape index (κ1) is 16.9. The molecule has 1 heterocycles. The fourth-order valence-corrected chi connectivity index (χ4v) is 2.33. The third-order valence-electron chi connectivity index (χ3n) is 3.66. The van der Waals surface area contributed by atoms with Crippen LogP contribution < -0.4 is 10.6 Å². The fraction of sp³-hybridized carbons (Fsp3) is 0.533. The molecule has 5 heteroatoms. The lowest BCUT2D eigenvalue weighted by molar-refractivity contribution is -0.125. The largest absolute Gasteiger partial charge is 0.352 e. The SMILES string of the molecule is CC(CCc1ccccc1F)C(=O)NC1CCNC1.Cl. The van der Waals surface area contributed by atoms with Crippen molar-refractivity contribution < 1.29 is 9.18 Å². The number of aryl methyl sites for hydroxylation is 1. The average Bonchev–Trinajstić information content (AvgIpc) is 2.90. The van der Waals surface area contributed by atoms with Gasteiger partial charge in [-0.25, -0.2) is 4.39 Å². The minimum Gasteiger partial charge on any atom is -0.352 e. The maximum Gasteiger partial charge on any atom is 0.223 e. The van der Waals surface area contributed by atoms with Gasteiger partial charge in [-0.3, -0.25) is 4.79 Å². The molecule has 3 nitrogen and oxygen atoms in total. The monoisotopic (exact) mass is 300 g/mol. The Bertz CT molecular complexity index is 436. The van der Waals surface area contributed by atoms with Gasteiger partial charge in [0, 0.05) is 18.5 Å². The zero-order valence-corrected chi connectivity index (χ0v) is 12.5. The molecule has 1 amide bonds. The van der Waals surface area contributed by atoms with Crippen LogP contribution in [0.5, 0.6) is 0 Å². The lowest BCUT2D eigenvalue weighted by Crippen LogP contribution is -2.39. The van der Waals surface area contributed by atoms with Gasteiger partial charge < -0.3 is 10.6 Å². The first-order valence-electron chi connectivity index (χ1n) is 6.91. The third-order valence-corrected chi connectivity index (χ3v) is 3.66. The summed E-state index contributed by atoms with van der Waals surface area (Å²) < 4.78 is 13.5. The van der Waals surface area contributed by atoms with Crippen molar-refractivity contribution in [2.75, 3.05) is 13.1 Å². The molecule has 0 bridgehead atoms. The molecule has 0 spiro atoms. The number of nitrogens with one attached hydrogen (secondary N) is 2. The minimum absolute atomic E-state index is 0. The van der Waals surface area contributed by atoms with Gasteiger partial charge in [0.05, 0.1) is 0 Å². The van der Waals surface area contributed by atoms with Crippen LogP contribution in [0, 0.1) is 11.7 Å². The molecule has 2 N–H and O–H groups in total. The molecular formula is C15H22ClFN2O. The summed E-state index contributed by atoms with van der Waals surface area (Å²) in [6.07, 6.45) is 2.27. The maximum absolute atomic E-state index is 13.5. The van der Waals surface area contributed by atoms with E-state index >= 15 is 0 Å². The highest BCUT2D eigenvalue weighted by molar-refractivity contribution is 5.85. The molecule has 0 saturated carbocycles. The van der Waals surface area contributed by atoms with Crippen LogP contribution in [-0.2, 0) is 11.2 Å². The minimum atomic E-state index is -0.185. The summed E-state index contributed by atoms with van der Waals surface area (Å²) in [4.78, 5) is 12.0. The predicted octanol–water partition coefficient (Wildman–Crippen LogP) is 2.29. The second-order valence-corrected chi connectivity index (χ2v) is 5.23. The number of carbonyl (C=O) groups is 1. The number of rotatable bonds is 5. The van der Waals surface area contributed by atoms with E-state index in [2.05, 4.69) is 10.6 Å². The van der Waals surface area contributed by atoms with Gasteiger partial charge in [0.15, 0.2) is 0 Å². The summed E-state index contributed by atoms with van der Waals surface area (Å²) >= 11 is 0. The third kappa shape index (κ3) is 4.76. The fourth-order valence-electron chi connectivity index (χ4n) is 2.33. The number of benzene rings is 1. The zero-order valence-electron chi connectivity index (χ0n) is 11.7. The molecular weight excluding hydrogens is 279 g/mol. The van der Waals surface area contributed by atoms with Crippen LogP contribution in [-0.4, -0.2) is 25.0 Å². The number of halogens is 2. The molecule has 112 valence electrons. The van der Waals surface area contributed by atoms with E-state index in [1.165, 1.54) is 6.07 Å². The second kappa shape index (κ2) is 8.22. The van der Waals surface area contributed by atoms with E-state index < -0.39 is 0 Å². The lowest BCUT2D eigenvalue weighted by Gasteiger charge is -2.16. The average molecular weight is 301 g/mol. The summed E-state index contributed by atoms with van der Waals surface area (Å²) in [5, 5.41) is 6.25. The van der Waals surface area contributed by atoms with E-state index in [0.717, 1.165) is 19.5 Å². The Morgan fingerprint density at radius 3 is 2.90 bits per heavy atom. The van der Waals surface area contributed by atoms with Crippen LogP contribution in [0.1, 0.15) is 25.3 Å². The molecule has 2 atom stereocenters. The normalized spacial score (nSPS) is 19.2. The zero-order chi connectivity index (χ0) is 13.7. The van der Waals surface area contributed by atoms with Crippen molar-refractivity contribution in [1.29, 1.82) is 0 Å². The first-order valence-corrected chi connectivity index (χ1v) is 6.91. The Balaban J connectivity index is 0.00000200. The van der Waals surface area contributed by atoms with E-state index in [1.807, 2.05) is 13.0 Å². The summed E-state index contributed by atoms with van der Waals surface area (Å²) in [5.41, 5.74) is 0.685. The second-order valence-electron chi connectivity index (χ2n) is 5.23. The van der Waals surface area contributed by atoms with Crippen LogP contribution in [0.15, 0.2) is 24.3 Å². The summed E-state index contributed by atoms with van der Waals surface area (Å²) in [7, 11) is 0. The molecule has 2 rings (SSSR count). The molecule has 1 saturated heterocycles. The molecule has 1 aliphatic rings. The van der Waals surface area contributed by atoms with Gasteiger partial charge in [0.25, 0.3) is 0 Å². The Kier molecular flexibility index (Phi) is 6.96. The highest BCUT2D eigenvalue weighted by Crippen LogP contribution is 2.13. The van der Waals surface area contributed by atoms with Crippen LogP contribution in [0.4, 0.5) is 4.39 Å². The van der Waals surface area contributed by atoms with Crippen molar-refractivity contribution in [1.82, 2.24) is 10.6 Å². The van der Waals surface area contributed by atoms with Crippen molar-refractivity contribution in [3.63, 3.8) is 0 Å². The highest BCUT2D eigenvalue weighted by Gasteiger charge is 2.20. The van der Waals surface area contributed by atoms with Gasteiger partial charge >= 0.3 is 0 Å². The topological polar surface area (TPSA) is 41.1 Å². The molecule has 2 unspecified atom stereocenters. The van der Waals surface area contributed by atoms with Crippen molar-refractivity contribution >= 4 is 18.3 Å². The Morgan fingerprint density at radius 1 is 1.50 bits per heavy atom. The van der Waals surface area contributed by atoms with Crippen molar-refractivity contribution in [2.45, 2.75) is 32.2 Å². The van der Waals surface area contributed by atoms with Gasteiger partial charge in [-0.05, 0) is 37.4 Å². The molecule has 1 fully saturated rings. The smallest absolute Gasteiger partial charge is 0.223 e. The van der Waals surface area contributed by atoms with Crippen molar-refractivity contribution in [2.24, 2.45) is 5.92 Å². The van der Waals surface area contributed by atoms with Gasteiger partial charge in [-0.15, -0.1) is 12.4 Å². The summed E-state index contributed by atoms with van der Waals surface area (Å²) in [6.45, 7) is 3.72. The van der Waals surface area contributed by atoms with E-state index in [4.69, 9.17) is 0 Å². The lowest BCUT2D eigenvalue weighted by atomic mass is 9.99. The molecule has 0 aromatic heterocycles. The summed E-state index contributed by atoms with van der Waals surface area (Å²) in [5.74, 6) is -0.194. The Hall–Kier alpha value is -1.13. The van der Waals surface area contributed by atoms with Crippen molar-refractivity contribution in [3.05, 3.63) is 35.6 Å². The molecule has 20 heavy (non-hydrogen) atoms. The first-order chi connectivity index (χ1) is 9.16. The van der Waals surface area contributed by atoms with E-state index in [0.29, 0.717) is 18.4 Å². The number of hydrogen-bond donors (Lipinski definition) is 2. The van der Waals surface area contributed by atoms with E-state index in [-0.39, 0.29) is 36.1 Å². The van der Waals surface area contributed by atoms with E-state index in [9.17, 15) is 9.18 Å². The maximum atomic E-state index is 13.5. The number of amides is 1. The quantitative estimate of drug-likeness (QED) is 0.876. The number of carbonyl (C=O) groups excluding carboxylic acids is 1. The molecule has 1 aromatic rings. The van der Waals surface area contributed by atoms with Crippen LogP contribution in [0.25, 0.3) is 0 Å². The van der Waals surface area contributed by atoms with Gasteiger partial charge in [0.2, 0.25) is 5.91 Å². The van der Waals surface area contributed by atoms with Gasteiger partial charge in [-0.1, -0.05) is 25.1 Å². The van der Waals surface area contributed by atoms with Crippen LogP contribution in [0.2, 0.25) is 0 Å². The number of hydrogen-bond acceptors (Lipinski definition) is 2. The van der Waals surface area contributed by atoms with Gasteiger partial charge in [0.1, 0.15) is 5.82 Å². The highest BCUT2D eigenvalue weighted by atomic mass is 35.5. The molecule has 0 aliphatic carbocycles. The van der Waals surface area contributed by atoms with Gasteiger partial charge in [-0.2, -0.15) is 0 Å². The Labute approximate surface area is 125 Å². The molecule has 0 radical (unpaired) electrons. The van der Waals surface area contributed by atoms with E-state index in [1.54, 1.807) is 12.1 Å².